The molecule has 0 N–H and O–H groups in total. The standard InChI is InChI=1S/C17H19Cl2F2N3O2/c1-9-5-11(18)7-14(19)12(9)6-10(2)24(26-4)17(25)13-8-23(3)22-15(13)16(20)21/h5,7-8,10,16H,6H2,1-4H3. The van der Waals surface area contributed by atoms with E-state index in [4.69, 9.17) is 28.0 Å². The Morgan fingerprint density at radius 1 is 1.38 bits per heavy atom. The largest absolute Gasteiger partial charge is 0.282 e. The summed E-state index contributed by atoms with van der Waals surface area (Å²) in [6.45, 7) is 3.60. The van der Waals surface area contributed by atoms with Crippen molar-refractivity contribution in [2.24, 2.45) is 7.05 Å². The molecule has 0 aliphatic rings. The van der Waals surface area contributed by atoms with E-state index < -0.39 is 24.1 Å². The number of hydroxylamine groups is 2. The van der Waals surface area contributed by atoms with E-state index in [1.165, 1.54) is 25.0 Å². The number of aromatic nitrogens is 2. The van der Waals surface area contributed by atoms with Gasteiger partial charge in [-0.15, -0.1) is 0 Å². The third-order valence-electron chi connectivity index (χ3n) is 3.97. The first kappa shape index (κ1) is 20.6. The lowest BCUT2D eigenvalue weighted by molar-refractivity contribution is -0.119. The van der Waals surface area contributed by atoms with Crippen molar-refractivity contribution in [3.63, 3.8) is 0 Å². The number of hydrogen-bond acceptors (Lipinski definition) is 3. The van der Waals surface area contributed by atoms with Crippen molar-refractivity contribution in [2.45, 2.75) is 32.7 Å². The number of amides is 1. The van der Waals surface area contributed by atoms with Crippen LogP contribution in [0.5, 0.6) is 0 Å². The second-order valence-corrected chi connectivity index (χ2v) is 6.80. The number of halogens is 4. The molecule has 0 saturated carbocycles. The Balaban J connectivity index is 2.29. The van der Waals surface area contributed by atoms with Crippen LogP contribution in [0.2, 0.25) is 10.0 Å². The quantitative estimate of drug-likeness (QED) is 0.659. The first-order valence-electron chi connectivity index (χ1n) is 7.79. The first-order valence-corrected chi connectivity index (χ1v) is 8.55. The number of carbonyl (C=O) groups excluding carboxylic acids is 1. The summed E-state index contributed by atoms with van der Waals surface area (Å²) in [6, 6.07) is 2.92. The van der Waals surface area contributed by atoms with Gasteiger partial charge in [-0.05, 0) is 43.5 Å². The molecule has 1 aromatic carbocycles. The number of rotatable bonds is 6. The second-order valence-electron chi connectivity index (χ2n) is 5.95. The highest BCUT2D eigenvalue weighted by molar-refractivity contribution is 6.35. The Hall–Kier alpha value is -1.70. The summed E-state index contributed by atoms with van der Waals surface area (Å²) >= 11 is 12.2. The molecule has 9 heteroatoms. The lowest BCUT2D eigenvalue weighted by atomic mass is 10.0. The molecule has 1 atom stereocenters. The molecule has 0 spiro atoms. The van der Waals surface area contributed by atoms with E-state index in [2.05, 4.69) is 5.10 Å². The normalized spacial score (nSPS) is 12.5. The number of hydrogen-bond donors (Lipinski definition) is 0. The maximum atomic E-state index is 13.1. The van der Waals surface area contributed by atoms with Gasteiger partial charge in [0, 0.05) is 23.3 Å². The first-order chi connectivity index (χ1) is 12.1. The van der Waals surface area contributed by atoms with Gasteiger partial charge < -0.3 is 0 Å². The summed E-state index contributed by atoms with van der Waals surface area (Å²) in [7, 11) is 2.78. The van der Waals surface area contributed by atoms with E-state index in [-0.39, 0.29) is 5.56 Å². The van der Waals surface area contributed by atoms with E-state index in [9.17, 15) is 13.6 Å². The minimum atomic E-state index is -2.86. The molecule has 5 nitrogen and oxygen atoms in total. The molecular formula is C17H19Cl2F2N3O2. The van der Waals surface area contributed by atoms with Gasteiger partial charge in [0.25, 0.3) is 12.3 Å². The van der Waals surface area contributed by atoms with Crippen LogP contribution in [0.4, 0.5) is 8.78 Å². The maximum Gasteiger partial charge on any atom is 0.282 e. The molecule has 2 aromatic rings. The topological polar surface area (TPSA) is 47.4 Å². The second kappa shape index (κ2) is 8.33. The van der Waals surface area contributed by atoms with E-state index in [1.54, 1.807) is 19.1 Å². The van der Waals surface area contributed by atoms with Crippen LogP contribution in [-0.2, 0) is 18.3 Å². The molecule has 1 heterocycles. The zero-order valence-electron chi connectivity index (χ0n) is 14.8. The Labute approximate surface area is 160 Å². The molecule has 1 aromatic heterocycles. The lowest BCUT2D eigenvalue weighted by Crippen LogP contribution is -2.39. The summed E-state index contributed by atoms with van der Waals surface area (Å²) in [5.74, 6) is -0.689. The van der Waals surface area contributed by atoms with Gasteiger partial charge >= 0.3 is 0 Å². The van der Waals surface area contributed by atoms with E-state index in [1.807, 2.05) is 6.92 Å². The van der Waals surface area contributed by atoms with Crippen LogP contribution in [0.1, 0.15) is 40.5 Å². The smallest absolute Gasteiger partial charge is 0.275 e. The zero-order valence-corrected chi connectivity index (χ0v) is 16.3. The third kappa shape index (κ3) is 4.34. The Morgan fingerprint density at radius 3 is 2.58 bits per heavy atom. The highest BCUT2D eigenvalue weighted by atomic mass is 35.5. The molecule has 0 saturated heterocycles. The molecular weight excluding hydrogens is 387 g/mol. The van der Waals surface area contributed by atoms with Crippen LogP contribution in [0.3, 0.4) is 0 Å². The van der Waals surface area contributed by atoms with Crippen LogP contribution in [-0.4, -0.2) is 33.9 Å². The number of aryl methyl sites for hydroxylation is 2. The molecule has 0 radical (unpaired) electrons. The van der Waals surface area contributed by atoms with Gasteiger partial charge in [-0.2, -0.15) is 5.10 Å². The van der Waals surface area contributed by atoms with Crippen molar-refractivity contribution in [2.75, 3.05) is 7.11 Å². The summed E-state index contributed by atoms with van der Waals surface area (Å²) in [6.07, 6.45) is -1.24. The molecule has 142 valence electrons. The van der Waals surface area contributed by atoms with E-state index >= 15 is 0 Å². The fourth-order valence-corrected chi connectivity index (χ4v) is 3.45. The van der Waals surface area contributed by atoms with Crippen molar-refractivity contribution < 1.29 is 18.4 Å². The number of benzene rings is 1. The molecule has 2 rings (SSSR count). The maximum absolute atomic E-state index is 13.1. The fourth-order valence-electron chi connectivity index (χ4n) is 2.78. The molecule has 0 bridgehead atoms. The van der Waals surface area contributed by atoms with Gasteiger partial charge in [0.1, 0.15) is 5.69 Å². The van der Waals surface area contributed by atoms with Crippen molar-refractivity contribution in [3.05, 3.63) is 50.8 Å². The predicted octanol–water partition coefficient (Wildman–Crippen LogP) is 4.61. The summed E-state index contributed by atoms with van der Waals surface area (Å²) in [5.41, 5.74) is 0.897. The van der Waals surface area contributed by atoms with Crippen molar-refractivity contribution in [1.82, 2.24) is 14.8 Å². The summed E-state index contributed by atoms with van der Waals surface area (Å²) in [5, 5.41) is 5.69. The third-order valence-corrected chi connectivity index (χ3v) is 4.53. The SMILES string of the molecule is CON(C(=O)c1cn(C)nc1C(F)F)C(C)Cc1c(C)cc(Cl)cc1Cl. The van der Waals surface area contributed by atoms with Crippen molar-refractivity contribution in [3.8, 4) is 0 Å². The molecule has 0 aliphatic carbocycles. The minimum Gasteiger partial charge on any atom is -0.275 e. The monoisotopic (exact) mass is 405 g/mol. The summed E-state index contributed by atoms with van der Waals surface area (Å²) < 4.78 is 27.5. The fraction of sp³-hybridized carbons (Fsp3) is 0.412. The average molecular weight is 406 g/mol. The van der Waals surface area contributed by atoms with E-state index in [0.29, 0.717) is 16.5 Å². The molecule has 1 amide bonds. The Kier molecular flexibility index (Phi) is 6.60. The van der Waals surface area contributed by atoms with Gasteiger partial charge in [0.2, 0.25) is 0 Å². The Morgan fingerprint density at radius 2 is 2.04 bits per heavy atom. The van der Waals surface area contributed by atoms with Crippen molar-refractivity contribution >= 4 is 29.1 Å². The lowest BCUT2D eigenvalue weighted by Gasteiger charge is -2.27. The van der Waals surface area contributed by atoms with Crippen molar-refractivity contribution in [1.29, 1.82) is 0 Å². The van der Waals surface area contributed by atoms with Crippen LogP contribution in [0.25, 0.3) is 0 Å². The minimum absolute atomic E-state index is 0.199. The van der Waals surface area contributed by atoms with E-state index in [0.717, 1.165) is 16.2 Å². The highest BCUT2D eigenvalue weighted by Gasteiger charge is 2.30. The summed E-state index contributed by atoms with van der Waals surface area (Å²) in [4.78, 5) is 17.9. The zero-order chi connectivity index (χ0) is 19.6. The van der Waals surface area contributed by atoms with Gasteiger partial charge in [0.05, 0.1) is 18.7 Å². The van der Waals surface area contributed by atoms with Gasteiger partial charge in [-0.3, -0.25) is 14.3 Å². The number of alkyl halides is 2. The molecule has 0 aliphatic heterocycles. The molecule has 26 heavy (non-hydrogen) atoms. The van der Waals surface area contributed by atoms with Gasteiger partial charge in [-0.1, -0.05) is 23.2 Å². The highest BCUT2D eigenvalue weighted by Crippen LogP contribution is 2.28. The van der Waals surface area contributed by atoms with Gasteiger partial charge in [0.15, 0.2) is 0 Å². The molecule has 0 fully saturated rings. The number of carbonyl (C=O) groups is 1. The van der Waals surface area contributed by atoms with Crippen LogP contribution >= 0.6 is 23.2 Å². The van der Waals surface area contributed by atoms with Crippen LogP contribution in [0.15, 0.2) is 18.3 Å². The molecule has 1 unspecified atom stereocenters. The number of nitrogens with zero attached hydrogens (tertiary/aromatic N) is 3. The predicted molar refractivity (Wildman–Crippen MR) is 95.7 cm³/mol. The van der Waals surface area contributed by atoms with Crippen LogP contribution < -0.4 is 0 Å². The van der Waals surface area contributed by atoms with Crippen LogP contribution in [0, 0.1) is 6.92 Å². The average Bonchev–Trinajstić information content (AvgIpc) is 2.93. The Bertz CT molecular complexity index is 788. The van der Waals surface area contributed by atoms with Gasteiger partial charge in [-0.25, -0.2) is 13.8 Å².